The molecule has 0 fully saturated rings. The van der Waals surface area contributed by atoms with Crippen molar-refractivity contribution in [1.29, 1.82) is 0 Å². The summed E-state index contributed by atoms with van der Waals surface area (Å²) in [5.74, 6) is -2.98. The van der Waals surface area contributed by atoms with Crippen LogP contribution in [0.3, 0.4) is 0 Å². The molecule has 0 spiro atoms. The molecule has 13 heteroatoms. The molecule has 0 saturated heterocycles. The largest absolute Gasteiger partial charge is 0.478 e. The number of aromatic nitrogens is 1. The second-order valence-electron chi connectivity index (χ2n) is 9.18. The summed E-state index contributed by atoms with van der Waals surface area (Å²) in [7, 11) is 0. The van der Waals surface area contributed by atoms with Gasteiger partial charge in [-0.25, -0.2) is 9.78 Å². The molecule has 1 aliphatic rings. The minimum absolute atomic E-state index is 0.0306. The number of alkyl halides is 3. The molecule has 0 bridgehead atoms. The highest BCUT2D eigenvalue weighted by Crippen LogP contribution is 2.37. The van der Waals surface area contributed by atoms with Gasteiger partial charge in [0.15, 0.2) is 5.69 Å². The van der Waals surface area contributed by atoms with E-state index >= 15 is 0 Å². The summed E-state index contributed by atoms with van der Waals surface area (Å²) in [6.07, 6.45) is -5.39. The molecule has 210 valence electrons. The Hall–Kier alpha value is -3.83. The Morgan fingerprint density at radius 2 is 1.68 bits per heavy atom. The van der Waals surface area contributed by atoms with Crippen LogP contribution in [-0.2, 0) is 11.0 Å². The number of halogens is 5. The minimum Gasteiger partial charge on any atom is -0.478 e. The summed E-state index contributed by atoms with van der Waals surface area (Å²) in [4.78, 5) is 32.8. The fourth-order valence-corrected chi connectivity index (χ4v) is 4.71. The van der Waals surface area contributed by atoms with Crippen molar-refractivity contribution < 1.29 is 37.4 Å². The molecule has 2 N–H and O–H groups in total. The normalized spacial score (nSPS) is 16.9. The van der Waals surface area contributed by atoms with Gasteiger partial charge >= 0.3 is 12.1 Å². The average Bonchev–Trinajstić information content (AvgIpc) is 3.31. The third-order valence-corrected chi connectivity index (χ3v) is 6.72. The summed E-state index contributed by atoms with van der Waals surface area (Å²) >= 11 is 12.7. The zero-order valence-electron chi connectivity index (χ0n) is 21.0. The topological polar surface area (TPSA) is 110 Å². The average molecular weight is 596 g/mol. The number of carboxylic acid groups (broad SMARTS) is 1. The van der Waals surface area contributed by atoms with Crippen LogP contribution in [0.1, 0.15) is 45.8 Å². The molecule has 0 aliphatic carbocycles. The predicted molar refractivity (Wildman–Crippen MR) is 142 cm³/mol. The van der Waals surface area contributed by atoms with Crippen molar-refractivity contribution >= 4 is 46.5 Å². The Labute approximate surface area is 236 Å². The molecule has 2 aromatic carbocycles. The van der Waals surface area contributed by atoms with Gasteiger partial charge in [-0.2, -0.15) is 13.2 Å². The van der Waals surface area contributed by atoms with E-state index in [4.69, 9.17) is 37.9 Å². The minimum atomic E-state index is -4.93. The summed E-state index contributed by atoms with van der Waals surface area (Å²) in [5, 5.41) is 16.0. The third-order valence-electron chi connectivity index (χ3n) is 6.09. The first-order valence-electron chi connectivity index (χ1n) is 11.9. The van der Waals surface area contributed by atoms with Crippen molar-refractivity contribution in [2.75, 3.05) is 11.9 Å². The van der Waals surface area contributed by atoms with E-state index in [9.17, 15) is 22.8 Å². The standard InChI is InChI=1S/C27H22Cl2F3N3O5/c1-13(2)23-16(22(35-40-23)21-17(28)4-3-5-18(21)29)12-39-20-11-10-19(24(34-20)27(30,31)32)33-25(36)14-6-8-15(9-7-14)26(37)38/h3-11,13,16,23H,12H2,1-2H3,(H,33,36)(H,37,38). The molecular weight excluding hydrogens is 574 g/mol. The molecule has 40 heavy (non-hydrogen) atoms. The zero-order chi connectivity index (χ0) is 29.2. The van der Waals surface area contributed by atoms with Gasteiger partial charge in [-0.05, 0) is 48.4 Å². The van der Waals surface area contributed by atoms with E-state index in [0.717, 1.165) is 6.07 Å². The van der Waals surface area contributed by atoms with E-state index in [2.05, 4.69) is 15.5 Å². The highest BCUT2D eigenvalue weighted by molar-refractivity contribution is 6.40. The van der Waals surface area contributed by atoms with Crippen LogP contribution in [0.25, 0.3) is 0 Å². The lowest BCUT2D eigenvalue weighted by Crippen LogP contribution is -2.33. The highest BCUT2D eigenvalue weighted by Gasteiger charge is 2.40. The Kier molecular flexibility index (Phi) is 8.55. The maximum absolute atomic E-state index is 13.9. The van der Waals surface area contributed by atoms with E-state index in [-0.39, 0.29) is 29.5 Å². The van der Waals surface area contributed by atoms with Gasteiger partial charge in [-0.15, -0.1) is 0 Å². The quantitative estimate of drug-likeness (QED) is 0.296. The lowest BCUT2D eigenvalue weighted by Gasteiger charge is -2.23. The first-order valence-corrected chi connectivity index (χ1v) is 12.7. The molecule has 3 aromatic rings. The SMILES string of the molecule is CC(C)C1ON=C(c2c(Cl)cccc2Cl)C1COc1ccc(NC(=O)c2ccc(C(=O)O)cc2)c(C(F)(F)F)n1. The van der Waals surface area contributed by atoms with Crippen LogP contribution >= 0.6 is 23.2 Å². The Morgan fingerprint density at radius 1 is 1.05 bits per heavy atom. The number of hydrogen-bond acceptors (Lipinski definition) is 6. The van der Waals surface area contributed by atoms with Crippen LogP contribution in [0.2, 0.25) is 10.0 Å². The maximum atomic E-state index is 13.9. The highest BCUT2D eigenvalue weighted by atomic mass is 35.5. The van der Waals surface area contributed by atoms with Crippen molar-refractivity contribution in [2.24, 2.45) is 17.0 Å². The number of carbonyl (C=O) groups excluding carboxylic acids is 1. The Bertz CT molecular complexity index is 1440. The number of carbonyl (C=O) groups is 2. The zero-order valence-corrected chi connectivity index (χ0v) is 22.5. The van der Waals surface area contributed by atoms with E-state index in [1.165, 1.54) is 30.3 Å². The van der Waals surface area contributed by atoms with Gasteiger partial charge in [0.2, 0.25) is 5.88 Å². The number of anilines is 1. The molecule has 1 amide bonds. The van der Waals surface area contributed by atoms with Crippen LogP contribution < -0.4 is 10.1 Å². The molecule has 0 saturated carbocycles. The first kappa shape index (κ1) is 29.2. The lowest BCUT2D eigenvalue weighted by molar-refractivity contribution is -0.140. The smallest absolute Gasteiger partial charge is 0.435 e. The van der Waals surface area contributed by atoms with Gasteiger partial charge in [-0.3, -0.25) is 4.79 Å². The van der Waals surface area contributed by atoms with Gasteiger partial charge in [-0.1, -0.05) is 48.3 Å². The van der Waals surface area contributed by atoms with Crippen molar-refractivity contribution in [1.82, 2.24) is 4.98 Å². The van der Waals surface area contributed by atoms with Crippen molar-refractivity contribution in [3.8, 4) is 5.88 Å². The van der Waals surface area contributed by atoms with E-state index in [0.29, 0.717) is 21.3 Å². The number of nitrogens with zero attached hydrogens (tertiary/aromatic N) is 2. The van der Waals surface area contributed by atoms with E-state index < -0.39 is 41.5 Å². The van der Waals surface area contributed by atoms with Crippen LogP contribution in [0.4, 0.5) is 18.9 Å². The number of pyridine rings is 1. The predicted octanol–water partition coefficient (Wildman–Crippen LogP) is 6.81. The van der Waals surface area contributed by atoms with E-state index in [1.807, 2.05) is 13.8 Å². The summed E-state index contributed by atoms with van der Waals surface area (Å²) < 4.78 is 47.4. The Morgan fingerprint density at radius 3 is 2.25 bits per heavy atom. The molecule has 1 aliphatic heterocycles. The second kappa shape index (κ2) is 11.7. The van der Waals surface area contributed by atoms with Crippen LogP contribution in [-0.4, -0.2) is 40.4 Å². The summed E-state index contributed by atoms with van der Waals surface area (Å²) in [6.45, 7) is 3.66. The number of nitrogens with one attached hydrogen (secondary N) is 1. The third kappa shape index (κ3) is 6.31. The molecule has 2 atom stereocenters. The van der Waals surface area contributed by atoms with E-state index in [1.54, 1.807) is 18.2 Å². The van der Waals surface area contributed by atoms with Crippen molar-refractivity contribution in [3.63, 3.8) is 0 Å². The maximum Gasteiger partial charge on any atom is 0.435 e. The van der Waals surface area contributed by atoms with Gasteiger partial charge in [0.25, 0.3) is 5.91 Å². The van der Waals surface area contributed by atoms with Gasteiger partial charge in [0, 0.05) is 17.2 Å². The van der Waals surface area contributed by atoms with Gasteiger partial charge in [0.1, 0.15) is 18.4 Å². The van der Waals surface area contributed by atoms with Crippen LogP contribution in [0.15, 0.2) is 59.8 Å². The molecule has 1 aromatic heterocycles. The molecule has 0 radical (unpaired) electrons. The number of carboxylic acids is 1. The number of aromatic carboxylic acids is 1. The number of oxime groups is 1. The molecule has 8 nitrogen and oxygen atoms in total. The molecule has 2 heterocycles. The molecule has 2 unspecified atom stereocenters. The number of benzene rings is 2. The number of amides is 1. The number of rotatable bonds is 8. The van der Waals surface area contributed by atoms with Crippen molar-refractivity contribution in [3.05, 3.63) is 87.0 Å². The Balaban J connectivity index is 1.56. The first-order chi connectivity index (χ1) is 18.9. The fourth-order valence-electron chi connectivity index (χ4n) is 4.12. The van der Waals surface area contributed by atoms with Gasteiger partial charge in [0.05, 0.1) is 27.2 Å². The summed E-state index contributed by atoms with van der Waals surface area (Å²) in [5.41, 5.74) is -1.23. The number of hydrogen-bond donors (Lipinski definition) is 2. The number of ether oxygens (including phenoxy) is 1. The molecular formula is C27H22Cl2F3N3O5. The van der Waals surface area contributed by atoms with Crippen LogP contribution in [0.5, 0.6) is 5.88 Å². The second-order valence-corrected chi connectivity index (χ2v) is 10.00. The molecule has 4 rings (SSSR count). The summed E-state index contributed by atoms with van der Waals surface area (Å²) in [6, 6.07) is 11.9. The fraction of sp³-hybridized carbons (Fsp3) is 0.259. The van der Waals surface area contributed by atoms with Gasteiger partial charge < -0.3 is 20.0 Å². The lowest BCUT2D eigenvalue weighted by atomic mass is 9.87. The van der Waals surface area contributed by atoms with Crippen LogP contribution in [0, 0.1) is 11.8 Å². The monoisotopic (exact) mass is 595 g/mol. The van der Waals surface area contributed by atoms with Crippen molar-refractivity contribution in [2.45, 2.75) is 26.1 Å².